The van der Waals surface area contributed by atoms with Gasteiger partial charge in [0.25, 0.3) is 10.1 Å². The van der Waals surface area contributed by atoms with Crippen LogP contribution in [0.4, 0.5) is 0 Å². The first kappa shape index (κ1) is 59.8. The summed E-state index contributed by atoms with van der Waals surface area (Å²) in [4.78, 5) is 27.8. The van der Waals surface area contributed by atoms with Crippen LogP contribution in [-0.2, 0) is 33.4 Å². The zero-order chi connectivity index (χ0) is 45.1. The molecular weight excluding hydrogens is 785 g/mol. The van der Waals surface area contributed by atoms with Crippen LogP contribution >= 0.6 is 0 Å². The van der Waals surface area contributed by atoms with Crippen LogP contribution in [0.3, 0.4) is 0 Å². The normalized spacial score (nSPS) is 12.2. The van der Waals surface area contributed by atoms with Gasteiger partial charge in [0, 0.05) is 32.2 Å². The largest absolute Gasteiger partial charge is 0.466 e. The molecule has 0 aromatic rings. The summed E-state index contributed by atoms with van der Waals surface area (Å²) in [6.07, 6.45) is 39.8. The Kier molecular flexibility index (Phi) is 41.8. The Balaban J connectivity index is 4.65. The van der Waals surface area contributed by atoms with Crippen LogP contribution in [0.2, 0.25) is 0 Å². The number of hydrogen-bond acceptors (Lipinski definition) is 8. The van der Waals surface area contributed by atoms with Crippen molar-refractivity contribution in [3.8, 4) is 0 Å². The number of nitrogens with zero attached hydrogens (tertiary/aromatic N) is 2. The highest BCUT2D eigenvalue weighted by atomic mass is 32.2. The molecule has 0 rings (SSSR count). The van der Waals surface area contributed by atoms with Crippen molar-refractivity contribution in [2.75, 3.05) is 66.3 Å². The van der Waals surface area contributed by atoms with E-state index in [2.05, 4.69) is 43.9 Å². The molecular formula is C51H103N2O7S+. The van der Waals surface area contributed by atoms with Crippen molar-refractivity contribution < 1.29 is 36.1 Å². The van der Waals surface area contributed by atoms with Crippen molar-refractivity contribution in [3.05, 3.63) is 0 Å². The number of hydrogen-bond donors (Lipinski definition) is 0. The molecule has 0 aliphatic heterocycles. The lowest BCUT2D eigenvalue weighted by Crippen LogP contribution is -2.43. The maximum absolute atomic E-state index is 12.9. The summed E-state index contributed by atoms with van der Waals surface area (Å²) in [6.45, 7) is 12.2. The summed E-state index contributed by atoms with van der Waals surface area (Å²) < 4.78 is 40.6. The molecule has 0 spiro atoms. The van der Waals surface area contributed by atoms with Gasteiger partial charge in [-0.1, -0.05) is 162 Å². The highest BCUT2D eigenvalue weighted by Gasteiger charge is 2.19. The van der Waals surface area contributed by atoms with E-state index in [4.69, 9.17) is 9.47 Å². The summed E-state index contributed by atoms with van der Waals surface area (Å²) >= 11 is 0. The standard InChI is InChI=1S/C51H103N2O7S/c1-7-10-13-16-19-20-21-27-35-47-59-50(54)40-32-28-34-43-52(44-36-45-53(4,5)46-37-48-61(56,57)58-6)42-33-26-22-25-31-41-51(55)60-49(38-29-23-17-14-11-8-2)39-30-24-18-15-12-9-3/h49H,7-48H2,1-6H3/q+1. The molecule has 0 unspecified atom stereocenters. The number of esters is 2. The van der Waals surface area contributed by atoms with E-state index in [0.29, 0.717) is 25.9 Å². The van der Waals surface area contributed by atoms with E-state index < -0.39 is 10.1 Å². The van der Waals surface area contributed by atoms with E-state index in [1.807, 2.05) is 0 Å². The van der Waals surface area contributed by atoms with E-state index in [0.717, 1.165) is 121 Å². The van der Waals surface area contributed by atoms with E-state index in [-0.39, 0.29) is 23.8 Å². The summed E-state index contributed by atoms with van der Waals surface area (Å²) in [6, 6.07) is 0. The van der Waals surface area contributed by atoms with Gasteiger partial charge in [-0.05, 0) is 70.9 Å². The molecule has 0 aliphatic carbocycles. The van der Waals surface area contributed by atoms with Crippen molar-refractivity contribution in [3.63, 3.8) is 0 Å². The first-order valence-electron chi connectivity index (χ1n) is 26.2. The molecule has 0 fully saturated rings. The SMILES string of the molecule is CCCCCCCCCCCOC(=O)CCCCCN(CCCCCCCC(=O)OC(CCCCCCCC)CCCCCCCC)CCC[N+](C)(C)CCCS(=O)(=O)OC. The maximum Gasteiger partial charge on any atom is 0.306 e. The van der Waals surface area contributed by atoms with E-state index in [1.54, 1.807) is 0 Å². The topological polar surface area (TPSA) is 99.2 Å². The Morgan fingerprint density at radius 1 is 0.492 bits per heavy atom. The molecule has 0 saturated carbocycles. The minimum Gasteiger partial charge on any atom is -0.466 e. The van der Waals surface area contributed by atoms with Gasteiger partial charge in [0.15, 0.2) is 0 Å². The third-order valence-electron chi connectivity index (χ3n) is 12.4. The van der Waals surface area contributed by atoms with Crippen LogP contribution in [0, 0.1) is 0 Å². The van der Waals surface area contributed by atoms with Gasteiger partial charge in [0.1, 0.15) is 6.10 Å². The van der Waals surface area contributed by atoms with E-state index >= 15 is 0 Å². The predicted molar refractivity (Wildman–Crippen MR) is 259 cm³/mol. The van der Waals surface area contributed by atoms with Gasteiger partial charge in [0.2, 0.25) is 0 Å². The number of quaternary nitrogens is 1. The van der Waals surface area contributed by atoms with Crippen molar-refractivity contribution in [2.24, 2.45) is 0 Å². The Bertz CT molecular complexity index is 1070. The molecule has 364 valence electrons. The van der Waals surface area contributed by atoms with Gasteiger partial charge in [-0.3, -0.25) is 13.8 Å². The number of carbonyl (C=O) groups excluding carboxylic acids is 2. The fourth-order valence-corrected chi connectivity index (χ4v) is 8.97. The molecule has 10 heteroatoms. The number of carbonyl (C=O) groups is 2. The van der Waals surface area contributed by atoms with Crippen LogP contribution in [0.1, 0.15) is 245 Å². The molecule has 0 saturated heterocycles. The van der Waals surface area contributed by atoms with Crippen LogP contribution in [0.15, 0.2) is 0 Å². The number of unbranched alkanes of at least 4 members (excludes halogenated alkanes) is 24. The van der Waals surface area contributed by atoms with E-state index in [1.165, 1.54) is 129 Å². The lowest BCUT2D eigenvalue weighted by atomic mass is 10.0. The van der Waals surface area contributed by atoms with Gasteiger partial charge in [-0.15, -0.1) is 0 Å². The minimum absolute atomic E-state index is 0.00172. The third-order valence-corrected chi connectivity index (χ3v) is 13.7. The van der Waals surface area contributed by atoms with Gasteiger partial charge in [0.05, 0.1) is 46.7 Å². The highest BCUT2D eigenvalue weighted by molar-refractivity contribution is 7.86. The molecule has 0 radical (unpaired) electrons. The highest BCUT2D eigenvalue weighted by Crippen LogP contribution is 2.19. The minimum atomic E-state index is -3.42. The maximum atomic E-state index is 12.9. The lowest BCUT2D eigenvalue weighted by Gasteiger charge is -2.31. The smallest absolute Gasteiger partial charge is 0.306 e. The fourth-order valence-electron chi connectivity index (χ4n) is 8.32. The zero-order valence-corrected chi connectivity index (χ0v) is 42.3. The van der Waals surface area contributed by atoms with Gasteiger partial charge < -0.3 is 18.9 Å². The van der Waals surface area contributed by atoms with E-state index in [9.17, 15) is 18.0 Å². The summed E-state index contributed by atoms with van der Waals surface area (Å²) in [5.74, 6) is 0.00982. The van der Waals surface area contributed by atoms with Crippen molar-refractivity contribution >= 4 is 22.1 Å². The van der Waals surface area contributed by atoms with Gasteiger partial charge in [-0.2, -0.15) is 8.42 Å². The van der Waals surface area contributed by atoms with Crippen molar-refractivity contribution in [1.29, 1.82) is 0 Å². The quantitative estimate of drug-likeness (QED) is 0.0258. The van der Waals surface area contributed by atoms with Gasteiger partial charge in [-0.25, -0.2) is 0 Å². The summed E-state index contributed by atoms with van der Waals surface area (Å²) in [7, 11) is 2.17. The van der Waals surface area contributed by atoms with Crippen LogP contribution in [-0.4, -0.2) is 102 Å². The average Bonchev–Trinajstić information content (AvgIpc) is 3.22. The number of rotatable bonds is 48. The lowest BCUT2D eigenvalue weighted by molar-refractivity contribution is -0.890. The molecule has 0 bridgehead atoms. The third kappa shape index (κ3) is 42.5. The molecule has 0 N–H and O–H groups in total. The molecule has 0 aromatic heterocycles. The van der Waals surface area contributed by atoms with Gasteiger partial charge >= 0.3 is 11.9 Å². The Morgan fingerprint density at radius 2 is 0.885 bits per heavy atom. The molecule has 0 amide bonds. The molecule has 0 aliphatic rings. The first-order chi connectivity index (χ1) is 29.5. The van der Waals surface area contributed by atoms with Crippen LogP contribution in [0.25, 0.3) is 0 Å². The Labute approximate surface area is 379 Å². The summed E-state index contributed by atoms with van der Waals surface area (Å²) in [5, 5.41) is 0. The van der Waals surface area contributed by atoms with Crippen molar-refractivity contribution in [1.82, 2.24) is 4.90 Å². The zero-order valence-electron chi connectivity index (χ0n) is 41.4. The molecule has 61 heavy (non-hydrogen) atoms. The Hall–Kier alpha value is -1.23. The second-order valence-electron chi connectivity index (χ2n) is 19.0. The second-order valence-corrected chi connectivity index (χ2v) is 20.8. The van der Waals surface area contributed by atoms with Crippen molar-refractivity contribution in [2.45, 2.75) is 252 Å². The molecule has 0 aromatic carbocycles. The summed E-state index contributed by atoms with van der Waals surface area (Å²) in [5.41, 5.74) is 0. The van der Waals surface area contributed by atoms with Crippen LogP contribution in [0.5, 0.6) is 0 Å². The predicted octanol–water partition coefficient (Wildman–Crippen LogP) is 13.5. The monoisotopic (exact) mass is 888 g/mol. The average molecular weight is 888 g/mol. The Morgan fingerprint density at radius 3 is 1.39 bits per heavy atom. The number of ether oxygens (including phenoxy) is 2. The first-order valence-corrected chi connectivity index (χ1v) is 27.7. The van der Waals surface area contributed by atoms with Crippen LogP contribution < -0.4 is 0 Å². The molecule has 9 nitrogen and oxygen atoms in total. The second kappa shape index (κ2) is 42.7. The molecule has 0 atom stereocenters. The molecule has 0 heterocycles. The fraction of sp³-hybridized carbons (Fsp3) is 0.961.